The first kappa shape index (κ1) is 13.1. The number of aromatic nitrogens is 1. The highest BCUT2D eigenvalue weighted by molar-refractivity contribution is 6.32. The molecule has 0 fully saturated rings. The van der Waals surface area contributed by atoms with E-state index in [1.54, 1.807) is 6.08 Å². The summed E-state index contributed by atoms with van der Waals surface area (Å²) in [7, 11) is 0. The maximum absolute atomic E-state index is 10.8. The number of halogens is 1. The van der Waals surface area contributed by atoms with E-state index in [2.05, 4.69) is 0 Å². The Kier molecular flexibility index (Phi) is 3.22. The minimum atomic E-state index is -0.938. The zero-order valence-corrected chi connectivity index (χ0v) is 11.9. The first-order valence-corrected chi connectivity index (χ1v) is 6.97. The molecule has 0 saturated carbocycles. The lowest BCUT2D eigenvalue weighted by atomic mass is 9.99. The highest BCUT2D eigenvalue weighted by Gasteiger charge is 2.19. The molecule has 0 radical (unpaired) electrons. The molecule has 0 unspecified atom stereocenters. The van der Waals surface area contributed by atoms with E-state index in [-0.39, 0.29) is 0 Å². The van der Waals surface area contributed by atoms with Gasteiger partial charge in [-0.15, -0.1) is 0 Å². The van der Waals surface area contributed by atoms with Gasteiger partial charge in [-0.25, -0.2) is 4.79 Å². The summed E-state index contributed by atoms with van der Waals surface area (Å²) < 4.78 is 0. The molecule has 20 heavy (non-hydrogen) atoms. The number of carbonyl (C=O) groups is 1. The van der Waals surface area contributed by atoms with Gasteiger partial charge < -0.3 is 5.11 Å². The average Bonchev–Trinajstić information content (AvgIpc) is 2.87. The van der Waals surface area contributed by atoms with Crippen molar-refractivity contribution in [2.45, 2.75) is 26.2 Å². The van der Waals surface area contributed by atoms with Crippen molar-refractivity contribution in [1.82, 2.24) is 4.98 Å². The highest BCUT2D eigenvalue weighted by atomic mass is 35.5. The lowest BCUT2D eigenvalue weighted by molar-refractivity contribution is -0.131. The predicted molar refractivity (Wildman–Crippen MR) is 80.2 cm³/mol. The normalized spacial score (nSPS) is 14.1. The summed E-state index contributed by atoms with van der Waals surface area (Å²) in [5, 5.41) is 10.5. The molecule has 0 spiro atoms. The number of hydrogen-bond donors (Lipinski definition) is 1. The topological polar surface area (TPSA) is 50.2 Å². The van der Waals surface area contributed by atoms with Crippen LogP contribution in [0.2, 0.25) is 5.02 Å². The Morgan fingerprint density at radius 1 is 1.40 bits per heavy atom. The van der Waals surface area contributed by atoms with Gasteiger partial charge in [0, 0.05) is 22.2 Å². The fourth-order valence-electron chi connectivity index (χ4n) is 2.82. The molecule has 0 amide bonds. The van der Waals surface area contributed by atoms with Crippen LogP contribution in [0.3, 0.4) is 0 Å². The molecule has 1 aromatic heterocycles. The molecule has 1 aromatic carbocycles. The summed E-state index contributed by atoms with van der Waals surface area (Å²) in [6.07, 6.45) is 5.85. The predicted octanol–water partition coefficient (Wildman–Crippen LogP) is 3.78. The minimum absolute atomic E-state index is 0.691. The molecule has 0 aliphatic heterocycles. The van der Waals surface area contributed by atoms with Crippen molar-refractivity contribution in [1.29, 1.82) is 0 Å². The molecule has 0 saturated heterocycles. The SMILES string of the molecule is Cc1c(Cl)ccc2c(/C=C/C(=O)O)c3c(nc12)CCC3. The average molecular weight is 288 g/mol. The van der Waals surface area contributed by atoms with Gasteiger partial charge >= 0.3 is 5.97 Å². The van der Waals surface area contributed by atoms with Gasteiger partial charge in [-0.3, -0.25) is 4.98 Å². The van der Waals surface area contributed by atoms with E-state index in [1.165, 1.54) is 11.6 Å². The second-order valence-electron chi connectivity index (χ2n) is 5.04. The summed E-state index contributed by atoms with van der Waals surface area (Å²) in [5.74, 6) is -0.938. The molecule has 1 N–H and O–H groups in total. The molecule has 0 atom stereocenters. The van der Waals surface area contributed by atoms with Crippen LogP contribution in [0.25, 0.3) is 17.0 Å². The summed E-state index contributed by atoms with van der Waals surface area (Å²) in [4.78, 5) is 15.5. The van der Waals surface area contributed by atoms with Crippen LogP contribution in [0, 0.1) is 6.92 Å². The zero-order valence-electron chi connectivity index (χ0n) is 11.1. The second kappa shape index (κ2) is 4.91. The van der Waals surface area contributed by atoms with E-state index >= 15 is 0 Å². The van der Waals surface area contributed by atoms with Crippen molar-refractivity contribution < 1.29 is 9.90 Å². The maximum atomic E-state index is 10.8. The first-order valence-electron chi connectivity index (χ1n) is 6.59. The quantitative estimate of drug-likeness (QED) is 0.855. The largest absolute Gasteiger partial charge is 0.478 e. The van der Waals surface area contributed by atoms with E-state index < -0.39 is 5.97 Å². The summed E-state index contributed by atoms with van der Waals surface area (Å²) in [6, 6.07) is 3.78. The minimum Gasteiger partial charge on any atom is -0.478 e. The van der Waals surface area contributed by atoms with Crippen molar-refractivity contribution in [3.8, 4) is 0 Å². The zero-order chi connectivity index (χ0) is 14.3. The van der Waals surface area contributed by atoms with Crippen molar-refractivity contribution in [3.05, 3.63) is 45.6 Å². The fourth-order valence-corrected chi connectivity index (χ4v) is 2.97. The Morgan fingerprint density at radius 3 is 2.95 bits per heavy atom. The molecule has 102 valence electrons. The third-order valence-corrected chi connectivity index (χ3v) is 4.22. The molecule has 3 rings (SSSR count). The molecule has 0 bridgehead atoms. The van der Waals surface area contributed by atoms with Gasteiger partial charge in [0.2, 0.25) is 0 Å². The molecular weight excluding hydrogens is 274 g/mol. The third-order valence-electron chi connectivity index (χ3n) is 3.81. The Hall–Kier alpha value is -1.87. The number of carboxylic acid groups (broad SMARTS) is 1. The fraction of sp³-hybridized carbons (Fsp3) is 0.250. The van der Waals surface area contributed by atoms with Crippen molar-refractivity contribution >= 4 is 34.5 Å². The van der Waals surface area contributed by atoms with E-state index in [0.29, 0.717) is 5.02 Å². The van der Waals surface area contributed by atoms with Crippen LogP contribution in [0.4, 0.5) is 0 Å². The Morgan fingerprint density at radius 2 is 2.20 bits per heavy atom. The summed E-state index contributed by atoms with van der Waals surface area (Å²) >= 11 is 6.17. The number of aliphatic carboxylic acids is 1. The van der Waals surface area contributed by atoms with Crippen molar-refractivity contribution in [3.63, 3.8) is 0 Å². The van der Waals surface area contributed by atoms with Crippen molar-refractivity contribution in [2.75, 3.05) is 0 Å². The van der Waals surface area contributed by atoms with E-state index in [1.807, 2.05) is 19.1 Å². The molecule has 1 aliphatic rings. The van der Waals surface area contributed by atoms with Crippen LogP contribution in [-0.2, 0) is 17.6 Å². The van der Waals surface area contributed by atoms with Gasteiger partial charge in [0.25, 0.3) is 0 Å². The number of fused-ring (bicyclic) bond motifs is 2. The number of hydrogen-bond acceptors (Lipinski definition) is 2. The van der Waals surface area contributed by atoms with Gasteiger partial charge in [-0.2, -0.15) is 0 Å². The molecule has 4 heteroatoms. The lowest BCUT2D eigenvalue weighted by Gasteiger charge is -2.11. The van der Waals surface area contributed by atoms with Crippen LogP contribution in [0.15, 0.2) is 18.2 Å². The number of nitrogens with zero attached hydrogens (tertiary/aromatic N) is 1. The molecule has 3 nitrogen and oxygen atoms in total. The summed E-state index contributed by atoms with van der Waals surface area (Å²) in [6.45, 7) is 1.95. The van der Waals surface area contributed by atoms with Gasteiger partial charge in [-0.1, -0.05) is 17.7 Å². The molecule has 1 heterocycles. The Bertz CT molecular complexity index is 750. The van der Waals surface area contributed by atoms with Gasteiger partial charge in [0.15, 0.2) is 0 Å². The second-order valence-corrected chi connectivity index (χ2v) is 5.45. The number of aryl methyl sites for hydroxylation is 2. The molecular formula is C16H14ClNO2. The van der Waals surface area contributed by atoms with Crippen LogP contribution in [-0.4, -0.2) is 16.1 Å². The Balaban J connectivity index is 2.35. The molecule has 2 aromatic rings. The van der Waals surface area contributed by atoms with Crippen LogP contribution < -0.4 is 0 Å². The number of rotatable bonds is 2. The smallest absolute Gasteiger partial charge is 0.328 e. The maximum Gasteiger partial charge on any atom is 0.328 e. The van der Waals surface area contributed by atoms with Gasteiger partial charge in [-0.05, 0) is 55.0 Å². The third kappa shape index (κ3) is 2.08. The van der Waals surface area contributed by atoms with Gasteiger partial charge in [0.05, 0.1) is 5.52 Å². The van der Waals surface area contributed by atoms with Gasteiger partial charge in [0.1, 0.15) is 0 Å². The lowest BCUT2D eigenvalue weighted by Crippen LogP contribution is -1.97. The van der Waals surface area contributed by atoms with Crippen LogP contribution >= 0.6 is 11.6 Å². The first-order chi connectivity index (χ1) is 9.58. The van der Waals surface area contributed by atoms with Crippen LogP contribution in [0.1, 0.15) is 28.8 Å². The standard InChI is InChI=1S/C16H14ClNO2/c1-9-13(17)7-5-12-10(6-8-15(19)20)11-3-2-4-14(11)18-16(9)12/h5-8H,2-4H2,1H3,(H,19,20)/b8-6+. The highest BCUT2D eigenvalue weighted by Crippen LogP contribution is 2.34. The molecule has 1 aliphatic carbocycles. The number of pyridine rings is 1. The number of benzene rings is 1. The van der Waals surface area contributed by atoms with E-state index in [0.717, 1.165) is 47.0 Å². The van der Waals surface area contributed by atoms with Crippen LogP contribution in [0.5, 0.6) is 0 Å². The van der Waals surface area contributed by atoms with E-state index in [4.69, 9.17) is 21.7 Å². The number of carboxylic acids is 1. The summed E-state index contributed by atoms with van der Waals surface area (Å²) in [5.41, 5.74) is 5.06. The van der Waals surface area contributed by atoms with Crippen molar-refractivity contribution in [2.24, 2.45) is 0 Å². The Labute approximate surface area is 121 Å². The van der Waals surface area contributed by atoms with E-state index in [9.17, 15) is 4.79 Å². The monoisotopic (exact) mass is 287 g/mol.